The molecule has 2 aromatic rings. The lowest BCUT2D eigenvalue weighted by atomic mass is 10.2. The van der Waals surface area contributed by atoms with Gasteiger partial charge in [0.15, 0.2) is 0 Å². The van der Waals surface area contributed by atoms with Gasteiger partial charge in [-0.15, -0.1) is 0 Å². The van der Waals surface area contributed by atoms with Crippen LogP contribution in [-0.2, 0) is 14.8 Å². The highest BCUT2D eigenvalue weighted by Gasteiger charge is 2.25. The maximum atomic E-state index is 14.6. The number of anilines is 2. The molecule has 1 aliphatic rings. The summed E-state index contributed by atoms with van der Waals surface area (Å²) in [5.41, 5.74) is 0.502. The van der Waals surface area contributed by atoms with E-state index < -0.39 is 15.8 Å². The van der Waals surface area contributed by atoms with Crippen molar-refractivity contribution in [1.82, 2.24) is 0 Å². The van der Waals surface area contributed by atoms with Gasteiger partial charge in [0, 0.05) is 24.2 Å². The van der Waals surface area contributed by atoms with Gasteiger partial charge in [-0.05, 0) is 44.2 Å². The Morgan fingerprint density at radius 2 is 1.78 bits per heavy atom. The first-order chi connectivity index (χ1) is 12.7. The van der Waals surface area contributed by atoms with Crippen molar-refractivity contribution in [3.05, 3.63) is 52.3 Å². The number of rotatable bonds is 4. The van der Waals surface area contributed by atoms with Gasteiger partial charge in [0.25, 0.3) is 10.0 Å². The lowest BCUT2D eigenvalue weighted by molar-refractivity contribution is -0.00539. The number of hydrogen-bond acceptors (Lipinski definition) is 4. The van der Waals surface area contributed by atoms with Crippen LogP contribution in [0.5, 0.6) is 0 Å². The van der Waals surface area contributed by atoms with E-state index in [1.165, 1.54) is 24.3 Å². The molecule has 0 radical (unpaired) electrons. The van der Waals surface area contributed by atoms with E-state index in [1.807, 2.05) is 18.7 Å². The lowest BCUT2D eigenvalue weighted by Gasteiger charge is -2.37. The van der Waals surface area contributed by atoms with Gasteiger partial charge in [0.2, 0.25) is 0 Å². The molecule has 2 atom stereocenters. The number of nitrogens with one attached hydrogen (secondary N) is 1. The first-order valence-electron chi connectivity index (χ1n) is 8.33. The van der Waals surface area contributed by atoms with Crippen LogP contribution in [0.15, 0.2) is 41.3 Å². The van der Waals surface area contributed by atoms with E-state index in [9.17, 15) is 12.8 Å². The first-order valence-corrected chi connectivity index (χ1v) is 10.6. The molecule has 0 saturated carbocycles. The molecule has 0 aliphatic carbocycles. The van der Waals surface area contributed by atoms with Gasteiger partial charge < -0.3 is 9.64 Å². The first kappa shape index (κ1) is 20.2. The van der Waals surface area contributed by atoms with E-state index in [0.717, 1.165) is 6.07 Å². The molecule has 146 valence electrons. The highest BCUT2D eigenvalue weighted by atomic mass is 35.5. The highest BCUT2D eigenvalue weighted by Crippen LogP contribution is 2.29. The Hall–Kier alpha value is -1.54. The molecule has 5 nitrogen and oxygen atoms in total. The Labute approximate surface area is 168 Å². The molecule has 1 aliphatic heterocycles. The van der Waals surface area contributed by atoms with Gasteiger partial charge in [0.05, 0.1) is 28.6 Å². The fourth-order valence-electron chi connectivity index (χ4n) is 3.09. The van der Waals surface area contributed by atoms with E-state index in [1.54, 1.807) is 6.07 Å². The monoisotopic (exact) mass is 432 g/mol. The standard InChI is InChI=1S/C18H19Cl2FN2O3S/c1-11-9-23(10-12(2)26-11)17-6-4-14(8-16(17)21)22-27(24,25)18-7-13(19)3-5-15(18)20/h3-8,11-12,22H,9-10H2,1-2H3. The molecule has 3 rings (SSSR count). The van der Waals surface area contributed by atoms with Gasteiger partial charge in [-0.1, -0.05) is 23.2 Å². The highest BCUT2D eigenvalue weighted by molar-refractivity contribution is 7.92. The second-order valence-corrected chi connectivity index (χ2v) is 9.00. The molecule has 2 unspecified atom stereocenters. The van der Waals surface area contributed by atoms with Crippen molar-refractivity contribution in [3.63, 3.8) is 0 Å². The number of halogens is 3. The zero-order valence-corrected chi connectivity index (χ0v) is 17.1. The molecule has 1 saturated heterocycles. The summed E-state index contributed by atoms with van der Waals surface area (Å²) in [6.07, 6.45) is -0.0346. The van der Waals surface area contributed by atoms with E-state index in [4.69, 9.17) is 27.9 Å². The number of nitrogens with zero attached hydrogens (tertiary/aromatic N) is 1. The summed E-state index contributed by atoms with van der Waals surface area (Å²) >= 11 is 11.8. The van der Waals surface area contributed by atoms with Gasteiger partial charge in [0.1, 0.15) is 10.7 Å². The Morgan fingerprint density at radius 1 is 1.11 bits per heavy atom. The molecular weight excluding hydrogens is 414 g/mol. The molecule has 0 spiro atoms. The summed E-state index contributed by atoms with van der Waals surface area (Å²) in [7, 11) is -4.01. The third-order valence-corrected chi connectivity index (χ3v) is 6.24. The van der Waals surface area contributed by atoms with Crippen LogP contribution in [0.2, 0.25) is 10.0 Å². The largest absolute Gasteiger partial charge is 0.372 e. The minimum atomic E-state index is -4.01. The second kappa shape index (κ2) is 7.83. The SMILES string of the molecule is CC1CN(c2ccc(NS(=O)(=O)c3cc(Cl)ccc3Cl)cc2F)CC(C)O1. The van der Waals surface area contributed by atoms with Crippen LogP contribution in [0, 0.1) is 5.82 Å². The molecule has 0 aromatic heterocycles. The predicted octanol–water partition coefficient (Wildman–Crippen LogP) is 4.55. The summed E-state index contributed by atoms with van der Waals surface area (Å²) in [6.45, 7) is 4.98. The number of hydrogen-bond donors (Lipinski definition) is 1. The average molecular weight is 433 g/mol. The molecule has 2 aromatic carbocycles. The van der Waals surface area contributed by atoms with Crippen LogP contribution in [0.3, 0.4) is 0 Å². The second-order valence-electron chi connectivity index (χ2n) is 6.51. The quantitative estimate of drug-likeness (QED) is 0.769. The predicted molar refractivity (Wildman–Crippen MR) is 106 cm³/mol. The Kier molecular flexibility index (Phi) is 5.86. The third-order valence-electron chi connectivity index (χ3n) is 4.14. The Balaban J connectivity index is 1.84. The number of morpholine rings is 1. The molecule has 27 heavy (non-hydrogen) atoms. The van der Waals surface area contributed by atoms with E-state index >= 15 is 0 Å². The van der Waals surface area contributed by atoms with Crippen LogP contribution in [0.1, 0.15) is 13.8 Å². The van der Waals surface area contributed by atoms with Crippen LogP contribution < -0.4 is 9.62 Å². The van der Waals surface area contributed by atoms with E-state index in [-0.39, 0.29) is 32.8 Å². The Bertz CT molecular complexity index is 946. The van der Waals surface area contributed by atoms with Crippen LogP contribution in [0.25, 0.3) is 0 Å². The van der Waals surface area contributed by atoms with Crippen molar-refractivity contribution in [2.24, 2.45) is 0 Å². The fourth-order valence-corrected chi connectivity index (χ4v) is 4.91. The zero-order chi connectivity index (χ0) is 19.8. The van der Waals surface area contributed by atoms with Crippen molar-refractivity contribution < 1.29 is 17.5 Å². The van der Waals surface area contributed by atoms with Crippen molar-refractivity contribution in [1.29, 1.82) is 0 Å². The molecule has 0 bridgehead atoms. The maximum Gasteiger partial charge on any atom is 0.263 e. The van der Waals surface area contributed by atoms with Gasteiger partial charge >= 0.3 is 0 Å². The molecule has 1 heterocycles. The van der Waals surface area contributed by atoms with E-state index in [2.05, 4.69) is 4.72 Å². The van der Waals surface area contributed by atoms with Gasteiger partial charge in [-0.2, -0.15) is 0 Å². The third kappa shape index (κ3) is 4.66. The summed E-state index contributed by atoms with van der Waals surface area (Å²) in [5, 5.41) is 0.261. The molecule has 9 heteroatoms. The van der Waals surface area contributed by atoms with Gasteiger partial charge in [-0.3, -0.25) is 4.72 Å². The summed E-state index contributed by atoms with van der Waals surface area (Å²) in [5.74, 6) is -0.520. The van der Waals surface area contributed by atoms with Crippen molar-refractivity contribution >= 4 is 44.6 Å². The minimum absolute atomic E-state index is 0.0173. The average Bonchev–Trinajstić information content (AvgIpc) is 2.55. The van der Waals surface area contributed by atoms with Crippen LogP contribution >= 0.6 is 23.2 Å². The molecule has 1 fully saturated rings. The zero-order valence-electron chi connectivity index (χ0n) is 14.7. The van der Waals surface area contributed by atoms with Crippen LogP contribution in [0.4, 0.5) is 15.8 Å². The molecule has 0 amide bonds. The molecule has 1 N–H and O–H groups in total. The number of benzene rings is 2. The smallest absolute Gasteiger partial charge is 0.263 e. The van der Waals surface area contributed by atoms with Crippen molar-refractivity contribution in [2.75, 3.05) is 22.7 Å². The number of sulfonamides is 1. The lowest BCUT2D eigenvalue weighted by Crippen LogP contribution is -2.45. The van der Waals surface area contributed by atoms with Crippen LogP contribution in [-0.4, -0.2) is 33.7 Å². The fraction of sp³-hybridized carbons (Fsp3) is 0.333. The maximum absolute atomic E-state index is 14.6. The summed E-state index contributed by atoms with van der Waals surface area (Å²) in [6, 6.07) is 8.34. The molecular formula is C18H19Cl2FN2O3S. The normalized spacial score (nSPS) is 20.6. The minimum Gasteiger partial charge on any atom is -0.372 e. The van der Waals surface area contributed by atoms with E-state index in [0.29, 0.717) is 18.8 Å². The topological polar surface area (TPSA) is 58.6 Å². The number of ether oxygens (including phenoxy) is 1. The van der Waals surface area contributed by atoms with Crippen molar-refractivity contribution in [2.45, 2.75) is 31.0 Å². The van der Waals surface area contributed by atoms with Gasteiger partial charge in [-0.25, -0.2) is 12.8 Å². The summed E-state index contributed by atoms with van der Waals surface area (Å²) < 4.78 is 47.8. The Morgan fingerprint density at radius 3 is 2.41 bits per heavy atom. The van der Waals surface area contributed by atoms with Crippen molar-refractivity contribution in [3.8, 4) is 0 Å². The summed E-state index contributed by atoms with van der Waals surface area (Å²) in [4.78, 5) is 1.72.